The summed E-state index contributed by atoms with van der Waals surface area (Å²) in [5, 5.41) is 0.171. The molecule has 0 aliphatic carbocycles. The highest BCUT2D eigenvalue weighted by Gasteiger charge is 2.23. The first-order chi connectivity index (χ1) is 8.56. The fourth-order valence-corrected chi connectivity index (χ4v) is 2.29. The molecule has 0 bridgehead atoms. The Morgan fingerprint density at radius 1 is 1.61 bits per heavy atom. The third-order valence-corrected chi connectivity index (χ3v) is 3.44. The highest BCUT2D eigenvalue weighted by molar-refractivity contribution is 6.30. The van der Waals surface area contributed by atoms with Gasteiger partial charge in [-0.2, -0.15) is 0 Å². The van der Waals surface area contributed by atoms with Crippen LogP contribution in [0.1, 0.15) is 12.5 Å². The van der Waals surface area contributed by atoms with E-state index in [4.69, 9.17) is 22.1 Å². The molecule has 2 N–H and O–H groups in total. The molecule has 1 aromatic rings. The molecule has 1 saturated heterocycles. The van der Waals surface area contributed by atoms with Gasteiger partial charge >= 0.3 is 0 Å². The van der Waals surface area contributed by atoms with Crippen molar-refractivity contribution in [2.24, 2.45) is 5.73 Å². The van der Waals surface area contributed by atoms with Gasteiger partial charge in [-0.1, -0.05) is 17.7 Å². The molecule has 0 aromatic heterocycles. The van der Waals surface area contributed by atoms with E-state index in [0.717, 1.165) is 25.2 Å². The van der Waals surface area contributed by atoms with Crippen LogP contribution < -0.4 is 5.73 Å². The number of halogens is 2. The second kappa shape index (κ2) is 5.97. The minimum absolute atomic E-state index is 0.0182. The first kappa shape index (κ1) is 13.7. The van der Waals surface area contributed by atoms with Crippen molar-refractivity contribution >= 4 is 11.6 Å². The van der Waals surface area contributed by atoms with Crippen molar-refractivity contribution in [2.45, 2.75) is 25.6 Å². The molecule has 0 radical (unpaired) electrons. The Balaban J connectivity index is 1.98. The number of benzene rings is 1. The summed E-state index contributed by atoms with van der Waals surface area (Å²) in [5.41, 5.74) is 6.85. The van der Waals surface area contributed by atoms with Gasteiger partial charge in [0.15, 0.2) is 0 Å². The SMILES string of the molecule is CC(N)C1CN(Cc2ccc(F)c(Cl)c2)CCO1. The largest absolute Gasteiger partial charge is 0.374 e. The average molecular weight is 273 g/mol. The Morgan fingerprint density at radius 3 is 3.06 bits per heavy atom. The van der Waals surface area contributed by atoms with Gasteiger partial charge in [0, 0.05) is 25.7 Å². The van der Waals surface area contributed by atoms with E-state index < -0.39 is 0 Å². The van der Waals surface area contributed by atoms with Crippen LogP contribution in [0.2, 0.25) is 5.02 Å². The number of morpholine rings is 1. The normalized spacial score (nSPS) is 23.0. The van der Waals surface area contributed by atoms with Gasteiger partial charge in [0.25, 0.3) is 0 Å². The minimum atomic E-state index is -0.379. The molecule has 2 atom stereocenters. The van der Waals surface area contributed by atoms with Crippen molar-refractivity contribution in [3.8, 4) is 0 Å². The summed E-state index contributed by atoms with van der Waals surface area (Å²) in [5.74, 6) is -0.379. The summed E-state index contributed by atoms with van der Waals surface area (Å²) in [6.45, 7) is 5.03. The van der Waals surface area contributed by atoms with Gasteiger partial charge in [-0.3, -0.25) is 4.90 Å². The van der Waals surface area contributed by atoms with Crippen LogP contribution in [-0.2, 0) is 11.3 Å². The topological polar surface area (TPSA) is 38.5 Å². The predicted molar refractivity (Wildman–Crippen MR) is 70.1 cm³/mol. The third-order valence-electron chi connectivity index (χ3n) is 3.15. The van der Waals surface area contributed by atoms with Gasteiger partial charge in [-0.15, -0.1) is 0 Å². The molecule has 100 valence electrons. The van der Waals surface area contributed by atoms with Gasteiger partial charge in [0.2, 0.25) is 0 Å². The lowest BCUT2D eigenvalue weighted by atomic mass is 10.1. The number of hydrogen-bond donors (Lipinski definition) is 1. The van der Waals surface area contributed by atoms with Crippen LogP contribution >= 0.6 is 11.6 Å². The van der Waals surface area contributed by atoms with E-state index in [0.29, 0.717) is 6.61 Å². The second-order valence-corrected chi connectivity index (χ2v) is 5.16. The van der Waals surface area contributed by atoms with Crippen molar-refractivity contribution in [3.05, 3.63) is 34.6 Å². The van der Waals surface area contributed by atoms with E-state index in [-0.39, 0.29) is 23.0 Å². The zero-order chi connectivity index (χ0) is 13.1. The van der Waals surface area contributed by atoms with Crippen LogP contribution in [0, 0.1) is 5.82 Å². The Kier molecular flexibility index (Phi) is 4.56. The van der Waals surface area contributed by atoms with Gasteiger partial charge in [0.05, 0.1) is 17.7 Å². The summed E-state index contributed by atoms with van der Waals surface area (Å²) in [6, 6.07) is 4.86. The van der Waals surface area contributed by atoms with Gasteiger partial charge in [-0.25, -0.2) is 4.39 Å². The quantitative estimate of drug-likeness (QED) is 0.915. The fraction of sp³-hybridized carbons (Fsp3) is 0.538. The standard InChI is InChI=1S/C13H18ClFN2O/c1-9(16)13-8-17(4-5-18-13)7-10-2-3-12(15)11(14)6-10/h2-3,6,9,13H,4-5,7-8,16H2,1H3. The van der Waals surface area contributed by atoms with Gasteiger partial charge < -0.3 is 10.5 Å². The number of nitrogens with two attached hydrogens (primary N) is 1. The molecule has 0 amide bonds. The lowest BCUT2D eigenvalue weighted by Crippen LogP contribution is -2.49. The van der Waals surface area contributed by atoms with Crippen LogP contribution in [0.5, 0.6) is 0 Å². The maximum Gasteiger partial charge on any atom is 0.141 e. The van der Waals surface area contributed by atoms with E-state index in [1.807, 2.05) is 6.92 Å². The first-order valence-corrected chi connectivity index (χ1v) is 6.47. The number of nitrogens with zero attached hydrogens (tertiary/aromatic N) is 1. The third kappa shape index (κ3) is 3.42. The highest BCUT2D eigenvalue weighted by Crippen LogP contribution is 2.18. The molecular formula is C13H18ClFN2O. The van der Waals surface area contributed by atoms with Crippen molar-refractivity contribution in [1.82, 2.24) is 4.90 Å². The average Bonchev–Trinajstić information content (AvgIpc) is 2.34. The van der Waals surface area contributed by atoms with Gasteiger partial charge in [0.1, 0.15) is 5.82 Å². The molecule has 1 aromatic carbocycles. The second-order valence-electron chi connectivity index (χ2n) is 4.75. The van der Waals surface area contributed by atoms with Crippen LogP contribution in [0.3, 0.4) is 0 Å². The van der Waals surface area contributed by atoms with Crippen molar-refractivity contribution in [1.29, 1.82) is 0 Å². The number of rotatable bonds is 3. The van der Waals surface area contributed by atoms with E-state index in [2.05, 4.69) is 4.90 Å². The maximum atomic E-state index is 13.1. The van der Waals surface area contributed by atoms with Crippen LogP contribution in [0.4, 0.5) is 4.39 Å². The van der Waals surface area contributed by atoms with Crippen molar-refractivity contribution in [2.75, 3.05) is 19.7 Å². The maximum absolute atomic E-state index is 13.1. The molecule has 3 nitrogen and oxygen atoms in total. The van der Waals surface area contributed by atoms with E-state index >= 15 is 0 Å². The predicted octanol–water partition coefficient (Wildman–Crippen LogP) is 2.03. The summed E-state index contributed by atoms with van der Waals surface area (Å²) in [6.07, 6.45) is 0.0645. The Hall–Kier alpha value is -0.680. The lowest BCUT2D eigenvalue weighted by molar-refractivity contribution is -0.0403. The summed E-state index contributed by atoms with van der Waals surface area (Å²) in [4.78, 5) is 2.25. The summed E-state index contributed by atoms with van der Waals surface area (Å²) < 4.78 is 18.7. The lowest BCUT2D eigenvalue weighted by Gasteiger charge is -2.34. The van der Waals surface area contributed by atoms with Crippen molar-refractivity contribution < 1.29 is 9.13 Å². The molecule has 2 rings (SSSR count). The summed E-state index contributed by atoms with van der Waals surface area (Å²) in [7, 11) is 0. The highest BCUT2D eigenvalue weighted by atomic mass is 35.5. The van der Waals surface area contributed by atoms with E-state index in [1.54, 1.807) is 12.1 Å². The molecule has 18 heavy (non-hydrogen) atoms. The van der Waals surface area contributed by atoms with Crippen molar-refractivity contribution in [3.63, 3.8) is 0 Å². The first-order valence-electron chi connectivity index (χ1n) is 6.09. The molecule has 1 aliphatic rings. The molecular weight excluding hydrogens is 255 g/mol. The molecule has 2 unspecified atom stereocenters. The summed E-state index contributed by atoms with van der Waals surface area (Å²) >= 11 is 5.77. The Bertz CT molecular complexity index is 414. The monoisotopic (exact) mass is 272 g/mol. The van der Waals surface area contributed by atoms with Gasteiger partial charge in [-0.05, 0) is 24.6 Å². The van der Waals surface area contributed by atoms with Crippen LogP contribution in [0.15, 0.2) is 18.2 Å². The Labute approximate surface area is 112 Å². The zero-order valence-electron chi connectivity index (χ0n) is 10.4. The Morgan fingerprint density at radius 2 is 2.39 bits per heavy atom. The van der Waals surface area contributed by atoms with E-state index in [1.165, 1.54) is 6.07 Å². The molecule has 1 aliphatic heterocycles. The molecule has 0 saturated carbocycles. The molecule has 5 heteroatoms. The smallest absolute Gasteiger partial charge is 0.141 e. The molecule has 1 fully saturated rings. The minimum Gasteiger partial charge on any atom is -0.374 e. The molecule has 1 heterocycles. The number of hydrogen-bond acceptors (Lipinski definition) is 3. The van der Waals surface area contributed by atoms with Crippen LogP contribution in [-0.4, -0.2) is 36.7 Å². The fourth-order valence-electron chi connectivity index (χ4n) is 2.09. The van der Waals surface area contributed by atoms with Crippen LogP contribution in [0.25, 0.3) is 0 Å². The zero-order valence-corrected chi connectivity index (χ0v) is 11.2. The number of ether oxygens (including phenoxy) is 1. The van der Waals surface area contributed by atoms with E-state index in [9.17, 15) is 4.39 Å². The molecule has 0 spiro atoms.